The Morgan fingerprint density at radius 1 is 1.19 bits per heavy atom. The topological polar surface area (TPSA) is 92.9 Å². The minimum atomic E-state index is -0.0917. The molecule has 7 nitrogen and oxygen atoms in total. The highest BCUT2D eigenvalue weighted by Gasteiger charge is 2.14. The standard InChI is InChI=1S/C19H21N5O2S/c1-12-4-5-15(10-13(12)2)14(3)20-18(26)11-27-19-21-22-23-24(19)16-6-8-17(25)9-7-16/h4-10,14,25H,11H2,1-3H3,(H,20,26)/t14-/m1/s1. The fourth-order valence-corrected chi connectivity index (χ4v) is 3.26. The zero-order chi connectivity index (χ0) is 19.4. The Morgan fingerprint density at radius 3 is 2.63 bits per heavy atom. The maximum atomic E-state index is 12.3. The van der Waals surface area contributed by atoms with E-state index in [0.717, 1.165) is 5.56 Å². The summed E-state index contributed by atoms with van der Waals surface area (Å²) in [6.45, 7) is 6.09. The minimum absolute atomic E-state index is 0.0782. The van der Waals surface area contributed by atoms with Gasteiger partial charge in [-0.3, -0.25) is 4.79 Å². The molecule has 1 atom stereocenters. The predicted molar refractivity (Wildman–Crippen MR) is 104 cm³/mol. The molecule has 0 fully saturated rings. The van der Waals surface area contributed by atoms with Crippen LogP contribution in [0.25, 0.3) is 5.69 Å². The number of carbonyl (C=O) groups is 1. The average molecular weight is 383 g/mol. The number of hydrogen-bond acceptors (Lipinski definition) is 6. The molecular formula is C19H21N5O2S. The van der Waals surface area contributed by atoms with Gasteiger partial charge in [0, 0.05) is 0 Å². The molecule has 140 valence electrons. The van der Waals surface area contributed by atoms with Crippen molar-refractivity contribution >= 4 is 17.7 Å². The highest BCUT2D eigenvalue weighted by atomic mass is 32.2. The minimum Gasteiger partial charge on any atom is -0.508 e. The number of tetrazole rings is 1. The maximum Gasteiger partial charge on any atom is 0.230 e. The van der Waals surface area contributed by atoms with Gasteiger partial charge < -0.3 is 10.4 Å². The van der Waals surface area contributed by atoms with Gasteiger partial charge in [-0.1, -0.05) is 30.0 Å². The van der Waals surface area contributed by atoms with Gasteiger partial charge in [0.05, 0.1) is 17.5 Å². The monoisotopic (exact) mass is 383 g/mol. The molecule has 8 heteroatoms. The van der Waals surface area contributed by atoms with Crippen LogP contribution < -0.4 is 5.32 Å². The molecule has 0 radical (unpaired) electrons. The number of phenolic OH excluding ortho intramolecular Hbond substituents is 1. The summed E-state index contributed by atoms with van der Waals surface area (Å²) in [6.07, 6.45) is 0. The molecule has 0 aliphatic carbocycles. The Balaban J connectivity index is 1.60. The molecule has 0 saturated carbocycles. The third-order valence-electron chi connectivity index (χ3n) is 4.28. The Labute approximate surface area is 161 Å². The Kier molecular flexibility index (Phi) is 5.75. The second-order valence-electron chi connectivity index (χ2n) is 6.31. The number of hydrogen-bond donors (Lipinski definition) is 2. The van der Waals surface area contributed by atoms with Crippen molar-refractivity contribution in [3.05, 3.63) is 59.2 Å². The lowest BCUT2D eigenvalue weighted by molar-refractivity contribution is -0.119. The van der Waals surface area contributed by atoms with Crippen LogP contribution in [-0.4, -0.2) is 37.0 Å². The van der Waals surface area contributed by atoms with E-state index in [1.165, 1.54) is 27.6 Å². The quantitative estimate of drug-likeness (QED) is 0.636. The molecule has 1 heterocycles. The van der Waals surface area contributed by atoms with Crippen LogP contribution in [0.2, 0.25) is 0 Å². The van der Waals surface area contributed by atoms with Crippen molar-refractivity contribution in [3.8, 4) is 11.4 Å². The summed E-state index contributed by atoms with van der Waals surface area (Å²) >= 11 is 1.26. The van der Waals surface area contributed by atoms with Crippen LogP contribution in [0.5, 0.6) is 5.75 Å². The summed E-state index contributed by atoms with van der Waals surface area (Å²) in [5.41, 5.74) is 4.22. The number of aryl methyl sites for hydroxylation is 2. The molecule has 0 aliphatic heterocycles. The van der Waals surface area contributed by atoms with Gasteiger partial charge >= 0.3 is 0 Å². The van der Waals surface area contributed by atoms with Gasteiger partial charge in [0.1, 0.15) is 5.75 Å². The molecule has 0 spiro atoms. The van der Waals surface area contributed by atoms with E-state index in [4.69, 9.17) is 0 Å². The number of nitrogens with one attached hydrogen (secondary N) is 1. The molecule has 0 bridgehead atoms. The van der Waals surface area contributed by atoms with Crippen molar-refractivity contribution in [3.63, 3.8) is 0 Å². The van der Waals surface area contributed by atoms with Crippen LogP contribution in [0.15, 0.2) is 47.6 Å². The number of benzene rings is 2. The Hall–Kier alpha value is -2.87. The van der Waals surface area contributed by atoms with Crippen LogP contribution in [-0.2, 0) is 4.79 Å². The van der Waals surface area contributed by atoms with Crippen molar-refractivity contribution < 1.29 is 9.90 Å². The van der Waals surface area contributed by atoms with E-state index >= 15 is 0 Å². The number of nitrogens with zero attached hydrogens (tertiary/aromatic N) is 4. The molecule has 1 amide bonds. The van der Waals surface area contributed by atoms with Crippen LogP contribution in [0, 0.1) is 13.8 Å². The summed E-state index contributed by atoms with van der Waals surface area (Å²) in [7, 11) is 0. The van der Waals surface area contributed by atoms with Crippen LogP contribution in [0.1, 0.15) is 29.7 Å². The average Bonchev–Trinajstić information content (AvgIpc) is 3.11. The van der Waals surface area contributed by atoms with E-state index in [2.05, 4.69) is 46.8 Å². The third-order valence-corrected chi connectivity index (χ3v) is 5.20. The highest BCUT2D eigenvalue weighted by molar-refractivity contribution is 7.99. The molecule has 0 saturated heterocycles. The highest BCUT2D eigenvalue weighted by Crippen LogP contribution is 2.21. The zero-order valence-electron chi connectivity index (χ0n) is 15.4. The van der Waals surface area contributed by atoms with Gasteiger partial charge in [-0.25, -0.2) is 0 Å². The van der Waals surface area contributed by atoms with E-state index in [9.17, 15) is 9.90 Å². The van der Waals surface area contributed by atoms with Gasteiger partial charge in [-0.05, 0) is 72.2 Å². The van der Waals surface area contributed by atoms with E-state index in [1.54, 1.807) is 24.3 Å². The van der Waals surface area contributed by atoms with Crippen LogP contribution >= 0.6 is 11.8 Å². The number of phenols is 1. The third kappa shape index (κ3) is 4.65. The number of carbonyl (C=O) groups excluding carboxylic acids is 1. The van der Waals surface area contributed by atoms with E-state index < -0.39 is 0 Å². The van der Waals surface area contributed by atoms with Crippen LogP contribution in [0.4, 0.5) is 0 Å². The van der Waals surface area contributed by atoms with Crippen molar-refractivity contribution in [2.24, 2.45) is 0 Å². The summed E-state index contributed by atoms with van der Waals surface area (Å²) in [5.74, 6) is 0.278. The molecule has 0 unspecified atom stereocenters. The second kappa shape index (κ2) is 8.22. The van der Waals surface area contributed by atoms with Gasteiger partial charge in [0.2, 0.25) is 11.1 Å². The smallest absolute Gasteiger partial charge is 0.230 e. The van der Waals surface area contributed by atoms with Crippen molar-refractivity contribution in [1.29, 1.82) is 0 Å². The van der Waals surface area contributed by atoms with Crippen molar-refractivity contribution in [1.82, 2.24) is 25.5 Å². The van der Waals surface area contributed by atoms with Gasteiger partial charge in [0.15, 0.2) is 0 Å². The molecule has 1 aromatic heterocycles. The number of amides is 1. The second-order valence-corrected chi connectivity index (χ2v) is 7.25. The molecular weight excluding hydrogens is 362 g/mol. The lowest BCUT2D eigenvalue weighted by atomic mass is 10.0. The molecule has 3 rings (SSSR count). The number of aromatic hydroxyl groups is 1. The number of aromatic nitrogens is 4. The number of thioether (sulfide) groups is 1. The first-order valence-corrected chi connectivity index (χ1v) is 9.49. The predicted octanol–water partition coefficient (Wildman–Crippen LogP) is 2.95. The fourth-order valence-electron chi connectivity index (χ4n) is 2.56. The normalized spacial score (nSPS) is 12.0. The summed E-state index contributed by atoms with van der Waals surface area (Å²) in [4.78, 5) is 12.3. The Bertz CT molecular complexity index is 940. The maximum absolute atomic E-state index is 12.3. The molecule has 2 aromatic carbocycles. The van der Waals surface area contributed by atoms with E-state index in [1.807, 2.05) is 13.0 Å². The van der Waals surface area contributed by atoms with Gasteiger partial charge in [-0.2, -0.15) is 4.68 Å². The van der Waals surface area contributed by atoms with Gasteiger partial charge in [-0.15, -0.1) is 5.10 Å². The first-order chi connectivity index (χ1) is 12.9. The largest absolute Gasteiger partial charge is 0.508 e. The van der Waals surface area contributed by atoms with E-state index in [-0.39, 0.29) is 23.5 Å². The lowest BCUT2D eigenvalue weighted by Gasteiger charge is -2.15. The van der Waals surface area contributed by atoms with Crippen molar-refractivity contribution in [2.75, 3.05) is 5.75 Å². The summed E-state index contributed by atoms with van der Waals surface area (Å²) in [6, 6.07) is 12.6. The summed E-state index contributed by atoms with van der Waals surface area (Å²) in [5, 5.41) is 24.5. The first kappa shape index (κ1) is 18.9. The van der Waals surface area contributed by atoms with E-state index in [0.29, 0.717) is 10.8 Å². The lowest BCUT2D eigenvalue weighted by Crippen LogP contribution is -2.28. The molecule has 27 heavy (non-hydrogen) atoms. The van der Waals surface area contributed by atoms with Crippen molar-refractivity contribution in [2.45, 2.75) is 32.0 Å². The molecule has 3 aromatic rings. The zero-order valence-corrected chi connectivity index (χ0v) is 16.2. The van der Waals surface area contributed by atoms with Gasteiger partial charge in [0.25, 0.3) is 0 Å². The summed E-state index contributed by atoms with van der Waals surface area (Å²) < 4.78 is 1.53. The number of rotatable bonds is 6. The molecule has 2 N–H and O–H groups in total. The molecule has 0 aliphatic rings. The Morgan fingerprint density at radius 2 is 1.93 bits per heavy atom. The first-order valence-electron chi connectivity index (χ1n) is 8.51. The fraction of sp³-hybridized carbons (Fsp3) is 0.263. The SMILES string of the molecule is Cc1ccc([C@@H](C)NC(=O)CSc2nnnn2-c2ccc(O)cc2)cc1C. The van der Waals surface area contributed by atoms with Crippen LogP contribution in [0.3, 0.4) is 0 Å².